The second-order valence-electron chi connectivity index (χ2n) is 7.13. The molecule has 3 aromatic rings. The zero-order valence-corrected chi connectivity index (χ0v) is 17.4. The van der Waals surface area contributed by atoms with E-state index in [2.05, 4.69) is 10.3 Å². The molecule has 6 nitrogen and oxygen atoms in total. The maximum absolute atomic E-state index is 13.7. The van der Waals surface area contributed by atoms with E-state index in [1.807, 2.05) is 30.3 Å². The highest BCUT2D eigenvalue weighted by atomic mass is 32.1. The number of halogens is 2. The van der Waals surface area contributed by atoms with Gasteiger partial charge in [-0.3, -0.25) is 19.8 Å². The first-order valence-electron chi connectivity index (χ1n) is 9.63. The second kappa shape index (κ2) is 8.72. The third-order valence-electron chi connectivity index (χ3n) is 4.99. The van der Waals surface area contributed by atoms with Crippen molar-refractivity contribution in [3.8, 4) is 17.0 Å². The summed E-state index contributed by atoms with van der Waals surface area (Å²) >= 11 is 5.16. The second-order valence-corrected chi connectivity index (χ2v) is 7.51. The summed E-state index contributed by atoms with van der Waals surface area (Å²) in [7, 11) is 0. The number of aromatic amines is 1. The van der Waals surface area contributed by atoms with Crippen LogP contribution >= 0.6 is 12.2 Å². The van der Waals surface area contributed by atoms with Gasteiger partial charge in [0.1, 0.15) is 5.57 Å². The van der Waals surface area contributed by atoms with Gasteiger partial charge in [-0.25, -0.2) is 8.78 Å². The summed E-state index contributed by atoms with van der Waals surface area (Å²) in [4.78, 5) is 29.6. The van der Waals surface area contributed by atoms with Crippen LogP contribution in [0.25, 0.3) is 17.3 Å². The number of aromatic nitrogens is 1. The first-order valence-corrected chi connectivity index (χ1v) is 10.0. The van der Waals surface area contributed by atoms with E-state index in [1.54, 1.807) is 12.1 Å². The molecule has 2 amide bonds. The van der Waals surface area contributed by atoms with Crippen molar-refractivity contribution < 1.29 is 23.5 Å². The third kappa shape index (κ3) is 4.28. The molecular weight excluding hydrogens is 436 g/mol. The number of carbonyl (C=O) groups excluding carboxylic acids is 2. The van der Waals surface area contributed by atoms with Crippen LogP contribution in [0, 0.1) is 11.6 Å². The SMILES string of the molecule is O=C1NC(=S)N(CCc2ccccc2)C(=O)/C1=C\c1ccc(-c2cc(F)c(O)c(F)c2)[nH]1. The van der Waals surface area contributed by atoms with Gasteiger partial charge < -0.3 is 10.1 Å². The van der Waals surface area contributed by atoms with Crippen LogP contribution in [-0.2, 0) is 16.0 Å². The Hall–Kier alpha value is -3.85. The molecule has 0 spiro atoms. The molecule has 1 aliphatic heterocycles. The van der Waals surface area contributed by atoms with Gasteiger partial charge in [0.2, 0.25) is 0 Å². The predicted molar refractivity (Wildman–Crippen MR) is 118 cm³/mol. The van der Waals surface area contributed by atoms with Crippen molar-refractivity contribution in [1.29, 1.82) is 0 Å². The summed E-state index contributed by atoms with van der Waals surface area (Å²) in [5, 5.41) is 11.8. The van der Waals surface area contributed by atoms with Crippen LogP contribution in [-0.4, -0.2) is 38.5 Å². The molecule has 0 saturated carbocycles. The van der Waals surface area contributed by atoms with Crippen LogP contribution in [0.2, 0.25) is 0 Å². The van der Waals surface area contributed by atoms with Gasteiger partial charge in [-0.1, -0.05) is 30.3 Å². The van der Waals surface area contributed by atoms with Crippen LogP contribution in [0.4, 0.5) is 8.78 Å². The summed E-state index contributed by atoms with van der Waals surface area (Å²) in [5.41, 5.74) is 1.78. The molecule has 1 fully saturated rings. The zero-order chi connectivity index (χ0) is 22.8. The summed E-state index contributed by atoms with van der Waals surface area (Å²) < 4.78 is 27.3. The Labute approximate surface area is 187 Å². The molecule has 1 aromatic heterocycles. The number of rotatable bonds is 5. The number of carbonyl (C=O) groups is 2. The van der Waals surface area contributed by atoms with E-state index >= 15 is 0 Å². The van der Waals surface area contributed by atoms with Gasteiger partial charge in [0.25, 0.3) is 11.8 Å². The maximum Gasteiger partial charge on any atom is 0.265 e. The van der Waals surface area contributed by atoms with Crippen molar-refractivity contribution in [1.82, 2.24) is 15.2 Å². The number of hydrogen-bond acceptors (Lipinski definition) is 4. The number of hydrogen-bond donors (Lipinski definition) is 3. The zero-order valence-electron chi connectivity index (χ0n) is 16.6. The molecular formula is C23H17F2N3O3S. The van der Waals surface area contributed by atoms with Crippen LogP contribution in [0.5, 0.6) is 5.75 Å². The summed E-state index contributed by atoms with van der Waals surface area (Å²) in [5.74, 6) is -4.42. The molecule has 2 aromatic carbocycles. The Morgan fingerprint density at radius 2 is 1.72 bits per heavy atom. The van der Waals surface area contributed by atoms with E-state index in [0.717, 1.165) is 17.7 Å². The van der Waals surface area contributed by atoms with E-state index in [0.29, 0.717) is 24.4 Å². The number of thiocarbonyl (C=S) groups is 1. The molecule has 2 heterocycles. The lowest BCUT2D eigenvalue weighted by Crippen LogP contribution is -2.54. The van der Waals surface area contributed by atoms with Gasteiger partial charge in [0.05, 0.1) is 0 Å². The van der Waals surface area contributed by atoms with Gasteiger partial charge >= 0.3 is 0 Å². The molecule has 0 radical (unpaired) electrons. The Bertz CT molecular complexity index is 1230. The number of benzene rings is 2. The summed E-state index contributed by atoms with van der Waals surface area (Å²) in [6.07, 6.45) is 1.91. The number of nitrogens with one attached hydrogen (secondary N) is 2. The molecule has 0 unspecified atom stereocenters. The largest absolute Gasteiger partial charge is 0.503 e. The summed E-state index contributed by atoms with van der Waals surface area (Å²) in [6, 6.07) is 14.6. The minimum absolute atomic E-state index is 0.0373. The topological polar surface area (TPSA) is 85.4 Å². The molecule has 0 bridgehead atoms. The van der Waals surface area contributed by atoms with Crippen molar-refractivity contribution in [2.75, 3.05) is 6.54 Å². The standard InChI is InChI=1S/C23H17F2N3O3S/c24-17-10-14(11-18(25)20(17)29)19-7-6-15(26-19)12-16-21(30)27-23(32)28(22(16)31)9-8-13-4-2-1-3-5-13/h1-7,10-12,26,29H,8-9H2,(H,27,30,32)/b16-12-. The van der Waals surface area contributed by atoms with E-state index in [4.69, 9.17) is 12.2 Å². The number of phenolic OH excluding ortho intramolecular Hbond substituents is 1. The molecule has 1 saturated heterocycles. The lowest BCUT2D eigenvalue weighted by molar-refractivity contribution is -0.128. The fourth-order valence-electron chi connectivity index (χ4n) is 3.32. The molecule has 9 heteroatoms. The van der Waals surface area contributed by atoms with Gasteiger partial charge in [-0.2, -0.15) is 0 Å². The highest BCUT2D eigenvalue weighted by Gasteiger charge is 2.33. The highest BCUT2D eigenvalue weighted by Crippen LogP contribution is 2.28. The Balaban J connectivity index is 1.57. The Kier molecular flexibility index (Phi) is 5.83. The highest BCUT2D eigenvalue weighted by molar-refractivity contribution is 7.80. The molecule has 0 atom stereocenters. The maximum atomic E-state index is 13.7. The van der Waals surface area contributed by atoms with Crippen molar-refractivity contribution >= 4 is 35.2 Å². The smallest absolute Gasteiger partial charge is 0.265 e. The number of nitrogens with zero attached hydrogens (tertiary/aromatic N) is 1. The number of H-pyrrole nitrogens is 1. The van der Waals surface area contributed by atoms with Crippen molar-refractivity contribution in [2.45, 2.75) is 6.42 Å². The van der Waals surface area contributed by atoms with E-state index in [9.17, 15) is 23.5 Å². The molecule has 3 N–H and O–H groups in total. The van der Waals surface area contributed by atoms with E-state index in [-0.39, 0.29) is 16.2 Å². The minimum atomic E-state index is -1.10. The Morgan fingerprint density at radius 1 is 1.03 bits per heavy atom. The van der Waals surface area contributed by atoms with Crippen LogP contribution in [0.15, 0.2) is 60.2 Å². The van der Waals surface area contributed by atoms with Crippen molar-refractivity contribution in [2.24, 2.45) is 0 Å². The normalized spacial score (nSPS) is 15.4. The first-order chi connectivity index (χ1) is 15.3. The van der Waals surface area contributed by atoms with Crippen LogP contribution in [0.3, 0.4) is 0 Å². The van der Waals surface area contributed by atoms with Crippen LogP contribution in [0.1, 0.15) is 11.3 Å². The quantitative estimate of drug-likeness (QED) is 0.314. The lowest BCUT2D eigenvalue weighted by atomic mass is 10.1. The molecule has 162 valence electrons. The van der Waals surface area contributed by atoms with Crippen LogP contribution < -0.4 is 5.32 Å². The monoisotopic (exact) mass is 453 g/mol. The Morgan fingerprint density at radius 3 is 2.41 bits per heavy atom. The van der Waals surface area contributed by atoms with Crippen molar-refractivity contribution in [3.05, 3.63) is 83.1 Å². The molecule has 1 aliphatic rings. The molecule has 4 rings (SSSR count). The fourth-order valence-corrected chi connectivity index (χ4v) is 3.59. The van der Waals surface area contributed by atoms with Gasteiger partial charge in [-0.05, 0) is 54.5 Å². The number of phenols is 1. The van der Waals surface area contributed by atoms with Gasteiger partial charge in [0.15, 0.2) is 22.5 Å². The van der Waals surface area contributed by atoms with E-state index in [1.165, 1.54) is 11.0 Å². The van der Waals surface area contributed by atoms with Gasteiger partial charge in [0, 0.05) is 23.5 Å². The number of amides is 2. The first kappa shape index (κ1) is 21.4. The van der Waals surface area contributed by atoms with E-state index < -0.39 is 29.2 Å². The average Bonchev–Trinajstić information content (AvgIpc) is 3.24. The van der Waals surface area contributed by atoms with Crippen molar-refractivity contribution in [3.63, 3.8) is 0 Å². The average molecular weight is 453 g/mol. The summed E-state index contributed by atoms with van der Waals surface area (Å²) in [6.45, 7) is 0.293. The van der Waals surface area contributed by atoms with Gasteiger partial charge in [-0.15, -0.1) is 0 Å². The lowest BCUT2D eigenvalue weighted by Gasteiger charge is -2.28. The third-order valence-corrected chi connectivity index (χ3v) is 5.31. The predicted octanol–water partition coefficient (Wildman–Crippen LogP) is 3.53. The number of aromatic hydroxyl groups is 1. The minimum Gasteiger partial charge on any atom is -0.503 e. The fraction of sp³-hybridized carbons (Fsp3) is 0.0870. The molecule has 0 aliphatic carbocycles. The molecule has 32 heavy (non-hydrogen) atoms.